The van der Waals surface area contributed by atoms with Crippen LogP contribution >= 0.6 is 0 Å². The molecule has 4 rings (SSSR count). The van der Waals surface area contributed by atoms with Crippen molar-refractivity contribution in [3.05, 3.63) is 52.7 Å². The van der Waals surface area contributed by atoms with E-state index in [0.29, 0.717) is 17.4 Å². The minimum Gasteiger partial charge on any atom is -0.383 e. The fourth-order valence-electron chi connectivity index (χ4n) is 4.31. The number of carbonyl (C=O) groups excluding carboxylic acids is 1. The molecule has 0 spiro atoms. The van der Waals surface area contributed by atoms with E-state index >= 15 is 0 Å². The lowest BCUT2D eigenvalue weighted by atomic mass is 10.0. The smallest absolute Gasteiger partial charge is 0.253 e. The number of benzene rings is 1. The van der Waals surface area contributed by atoms with E-state index in [1.54, 1.807) is 19.0 Å². The lowest BCUT2D eigenvalue weighted by Crippen LogP contribution is -2.39. The zero-order valence-electron chi connectivity index (χ0n) is 19.2. The number of nitrogens with one attached hydrogen (secondary N) is 1. The fourth-order valence-corrected chi connectivity index (χ4v) is 4.31. The van der Waals surface area contributed by atoms with Crippen LogP contribution in [0.5, 0.6) is 0 Å². The predicted molar refractivity (Wildman–Crippen MR) is 128 cm³/mol. The van der Waals surface area contributed by atoms with Gasteiger partial charge in [0.05, 0.1) is 5.39 Å². The number of hydrogen-bond donors (Lipinski definition) is 2. The molecule has 0 bridgehead atoms. The molecule has 1 aromatic carbocycles. The topological polar surface area (TPSA) is 100 Å². The van der Waals surface area contributed by atoms with Crippen LogP contribution in [-0.2, 0) is 6.54 Å². The van der Waals surface area contributed by atoms with E-state index in [2.05, 4.69) is 31.2 Å². The molecule has 3 aromatic rings. The molecule has 0 aliphatic carbocycles. The van der Waals surface area contributed by atoms with Gasteiger partial charge in [0, 0.05) is 51.0 Å². The Labute approximate surface area is 188 Å². The summed E-state index contributed by atoms with van der Waals surface area (Å²) in [7, 11) is 3.55. The van der Waals surface area contributed by atoms with Crippen LogP contribution in [0, 0.1) is 13.8 Å². The molecule has 2 aromatic heterocycles. The highest BCUT2D eigenvalue weighted by Gasteiger charge is 2.21. The Balaban J connectivity index is 1.37. The number of nitrogen functional groups attached to an aromatic ring is 1. The number of carbonyl (C=O) groups is 1. The van der Waals surface area contributed by atoms with E-state index in [4.69, 9.17) is 5.73 Å². The number of nitrogens with two attached hydrogens (primary N) is 1. The highest BCUT2D eigenvalue weighted by molar-refractivity contribution is 5.94. The molecule has 3 N–H and O–H groups in total. The first-order valence-corrected chi connectivity index (χ1v) is 11.0. The molecule has 3 heterocycles. The van der Waals surface area contributed by atoms with E-state index in [-0.39, 0.29) is 11.9 Å². The second kappa shape index (κ2) is 9.08. The van der Waals surface area contributed by atoms with Gasteiger partial charge in [-0.2, -0.15) is 9.97 Å². The fraction of sp³-hybridized carbons (Fsp3) is 0.417. The second-order valence-electron chi connectivity index (χ2n) is 8.81. The first-order valence-electron chi connectivity index (χ1n) is 11.0. The monoisotopic (exact) mass is 433 g/mol. The molecular weight excluding hydrogens is 402 g/mol. The number of amides is 1. The Kier molecular flexibility index (Phi) is 6.23. The number of hydrogen-bond acceptors (Lipinski definition) is 7. The molecule has 32 heavy (non-hydrogen) atoms. The van der Waals surface area contributed by atoms with Gasteiger partial charge in [-0.1, -0.05) is 12.1 Å². The second-order valence-corrected chi connectivity index (χ2v) is 8.81. The molecule has 1 amide bonds. The van der Waals surface area contributed by atoms with Gasteiger partial charge in [-0.15, -0.1) is 0 Å². The van der Waals surface area contributed by atoms with Crippen molar-refractivity contribution in [2.75, 3.05) is 38.2 Å². The summed E-state index contributed by atoms with van der Waals surface area (Å²) < 4.78 is 0. The molecule has 0 saturated carbocycles. The molecule has 1 aliphatic rings. The minimum absolute atomic E-state index is 0.0318. The van der Waals surface area contributed by atoms with E-state index in [1.165, 1.54) is 0 Å². The van der Waals surface area contributed by atoms with Crippen LogP contribution in [0.4, 0.5) is 11.8 Å². The first-order chi connectivity index (χ1) is 15.3. The van der Waals surface area contributed by atoms with Crippen LogP contribution in [0.15, 0.2) is 30.3 Å². The summed E-state index contributed by atoms with van der Waals surface area (Å²) >= 11 is 0. The number of fused-ring (bicyclic) bond motifs is 1. The van der Waals surface area contributed by atoms with E-state index in [0.717, 1.165) is 60.2 Å². The third-order valence-corrected chi connectivity index (χ3v) is 5.93. The van der Waals surface area contributed by atoms with Gasteiger partial charge in [-0.25, -0.2) is 4.98 Å². The lowest BCUT2D eigenvalue weighted by Gasteiger charge is -2.32. The lowest BCUT2D eigenvalue weighted by molar-refractivity contribution is 0.0827. The Morgan fingerprint density at radius 3 is 2.62 bits per heavy atom. The van der Waals surface area contributed by atoms with E-state index in [9.17, 15) is 4.79 Å². The van der Waals surface area contributed by atoms with Crippen molar-refractivity contribution < 1.29 is 4.79 Å². The molecule has 0 unspecified atom stereocenters. The van der Waals surface area contributed by atoms with Crippen LogP contribution in [0.2, 0.25) is 0 Å². The van der Waals surface area contributed by atoms with Gasteiger partial charge < -0.3 is 16.0 Å². The third kappa shape index (κ3) is 4.80. The van der Waals surface area contributed by atoms with Crippen molar-refractivity contribution in [1.29, 1.82) is 0 Å². The average Bonchev–Trinajstić information content (AvgIpc) is 2.74. The molecule has 168 valence electrons. The minimum atomic E-state index is 0.0318. The maximum Gasteiger partial charge on any atom is 0.253 e. The van der Waals surface area contributed by atoms with E-state index in [1.807, 2.05) is 38.1 Å². The summed E-state index contributed by atoms with van der Waals surface area (Å²) in [5.41, 5.74) is 10.7. The van der Waals surface area contributed by atoms with Gasteiger partial charge in [0.2, 0.25) is 5.95 Å². The van der Waals surface area contributed by atoms with Gasteiger partial charge in [0.25, 0.3) is 5.91 Å². The molecule has 0 radical (unpaired) electrons. The number of likely N-dealkylation sites (tertiary alicyclic amines) is 1. The normalized spacial score (nSPS) is 15.1. The summed E-state index contributed by atoms with van der Waals surface area (Å²) in [6.45, 7) is 6.72. The number of nitrogens with zero attached hydrogens (tertiary/aromatic N) is 5. The Morgan fingerprint density at radius 1 is 1.16 bits per heavy atom. The van der Waals surface area contributed by atoms with Crippen LogP contribution in [0.1, 0.15) is 40.0 Å². The SMILES string of the molecule is Cc1cc(C)c2c(N)nc(NC3CCN(Cc4cccc(C(=O)N(C)C)c4)CC3)nc2n1. The number of aryl methyl sites for hydroxylation is 2. The van der Waals surface area contributed by atoms with Crippen molar-refractivity contribution in [3.8, 4) is 0 Å². The van der Waals surface area contributed by atoms with Crippen molar-refractivity contribution in [2.24, 2.45) is 0 Å². The maximum atomic E-state index is 12.2. The maximum absolute atomic E-state index is 12.2. The number of pyridine rings is 1. The molecule has 1 saturated heterocycles. The Hall–Kier alpha value is -3.26. The van der Waals surface area contributed by atoms with Gasteiger partial charge in [-0.05, 0) is 56.0 Å². The van der Waals surface area contributed by atoms with Crippen LogP contribution < -0.4 is 11.1 Å². The highest BCUT2D eigenvalue weighted by Crippen LogP contribution is 2.24. The number of rotatable bonds is 5. The molecule has 8 heteroatoms. The van der Waals surface area contributed by atoms with Crippen molar-refractivity contribution in [3.63, 3.8) is 0 Å². The zero-order chi connectivity index (χ0) is 22.8. The summed E-state index contributed by atoms with van der Waals surface area (Å²) in [5.74, 6) is 1.04. The molecule has 1 aliphatic heterocycles. The Morgan fingerprint density at radius 2 is 1.91 bits per heavy atom. The molecule has 0 atom stereocenters. The van der Waals surface area contributed by atoms with Gasteiger partial charge in [0.1, 0.15) is 5.82 Å². The average molecular weight is 434 g/mol. The van der Waals surface area contributed by atoms with Crippen molar-refractivity contribution in [2.45, 2.75) is 39.3 Å². The van der Waals surface area contributed by atoms with Crippen molar-refractivity contribution >= 4 is 28.7 Å². The highest BCUT2D eigenvalue weighted by atomic mass is 16.2. The molecule has 1 fully saturated rings. The van der Waals surface area contributed by atoms with Crippen LogP contribution in [0.3, 0.4) is 0 Å². The zero-order valence-corrected chi connectivity index (χ0v) is 19.2. The van der Waals surface area contributed by atoms with Gasteiger partial charge in [0.15, 0.2) is 5.65 Å². The quantitative estimate of drug-likeness (QED) is 0.638. The number of anilines is 2. The van der Waals surface area contributed by atoms with Crippen LogP contribution in [0.25, 0.3) is 11.0 Å². The molecular formula is C24H31N7O. The van der Waals surface area contributed by atoms with Crippen molar-refractivity contribution in [1.82, 2.24) is 24.8 Å². The summed E-state index contributed by atoms with van der Waals surface area (Å²) in [5, 5.41) is 4.28. The molecule has 8 nitrogen and oxygen atoms in total. The van der Waals surface area contributed by atoms with Crippen LogP contribution in [-0.4, -0.2) is 63.9 Å². The largest absolute Gasteiger partial charge is 0.383 e. The summed E-state index contributed by atoms with van der Waals surface area (Å²) in [6.07, 6.45) is 1.97. The number of piperidine rings is 1. The predicted octanol–water partition coefficient (Wildman–Crippen LogP) is 3.00. The van der Waals surface area contributed by atoms with Gasteiger partial charge in [-0.3, -0.25) is 9.69 Å². The van der Waals surface area contributed by atoms with Gasteiger partial charge >= 0.3 is 0 Å². The third-order valence-electron chi connectivity index (χ3n) is 5.93. The summed E-state index contributed by atoms with van der Waals surface area (Å²) in [6, 6.07) is 10.2. The standard InChI is InChI=1S/C24H31N7O/c1-15-12-16(2)26-22-20(15)21(25)28-24(29-22)27-19-8-10-31(11-9-19)14-17-6-5-7-18(13-17)23(32)30(3)4/h5-7,12-13,19H,8-11,14H2,1-4H3,(H3,25,26,27,28,29). The number of aromatic nitrogens is 3. The van der Waals surface area contributed by atoms with E-state index < -0.39 is 0 Å². The Bertz CT molecular complexity index is 1140. The first kappa shape index (κ1) is 22.0. The summed E-state index contributed by atoms with van der Waals surface area (Å²) in [4.78, 5) is 29.9.